The maximum absolute atomic E-state index is 13.0. The Labute approximate surface area is 86.8 Å². The number of nitriles is 1. The average molecular weight is 269 g/mol. The molecule has 0 fully saturated rings. The molecule has 0 aromatic heterocycles. The minimum Gasteiger partial charge on any atom is -0.204 e. The lowest BCUT2D eigenvalue weighted by molar-refractivity contribution is 0.617. The van der Waals surface area contributed by atoms with Crippen LogP contribution in [0.1, 0.15) is 5.56 Å². The van der Waals surface area contributed by atoms with Crippen LogP contribution in [0, 0.1) is 17.1 Å². The molecule has 0 aliphatic heterocycles. The smallest absolute Gasteiger partial charge is 0.156 e. The summed E-state index contributed by atoms with van der Waals surface area (Å²) in [5, 5.41) is 8.59. The van der Waals surface area contributed by atoms with Crippen molar-refractivity contribution in [1.29, 1.82) is 5.26 Å². The molecule has 0 aliphatic rings. The van der Waals surface area contributed by atoms with Crippen molar-refractivity contribution < 1.29 is 4.39 Å². The fourth-order valence-electron chi connectivity index (χ4n) is 0.671. The van der Waals surface area contributed by atoms with Gasteiger partial charge < -0.3 is 0 Å². The predicted molar refractivity (Wildman–Crippen MR) is 48.8 cm³/mol. The normalized spacial score (nSPS) is 9.58. The first-order valence-electron chi connectivity index (χ1n) is 2.81. The number of rotatable bonds is 0. The largest absolute Gasteiger partial charge is 0.204 e. The maximum atomic E-state index is 13.0. The van der Waals surface area contributed by atoms with E-state index >= 15 is 0 Å². The zero-order valence-corrected chi connectivity index (χ0v) is 8.63. The van der Waals surface area contributed by atoms with E-state index in [1.54, 1.807) is 6.07 Å². The summed E-state index contributed by atoms with van der Waals surface area (Å²) in [5.41, 5.74) is -0.240. The predicted octanol–water partition coefficient (Wildman–Crippen LogP) is 3.77. The lowest BCUT2D eigenvalue weighted by Crippen LogP contribution is -1.87. The minimum atomic E-state index is -0.688. The molecular formula is C7HBrCl2FN. The summed E-state index contributed by atoms with van der Waals surface area (Å²) in [4.78, 5) is 0. The van der Waals surface area contributed by atoms with Gasteiger partial charge in [-0.1, -0.05) is 23.2 Å². The van der Waals surface area contributed by atoms with Crippen molar-refractivity contribution in [2.24, 2.45) is 0 Å². The highest BCUT2D eigenvalue weighted by molar-refractivity contribution is 9.10. The summed E-state index contributed by atoms with van der Waals surface area (Å²) in [7, 11) is 0. The molecule has 0 spiro atoms. The van der Waals surface area contributed by atoms with E-state index in [2.05, 4.69) is 15.9 Å². The molecule has 0 aliphatic carbocycles. The Morgan fingerprint density at radius 3 is 2.58 bits per heavy atom. The second kappa shape index (κ2) is 3.61. The van der Waals surface area contributed by atoms with Gasteiger partial charge in [-0.15, -0.1) is 0 Å². The van der Waals surface area contributed by atoms with Gasteiger partial charge in [-0.25, -0.2) is 4.39 Å². The quantitative estimate of drug-likeness (QED) is 0.657. The van der Waals surface area contributed by atoms with Crippen LogP contribution in [0.3, 0.4) is 0 Å². The third-order valence-corrected chi connectivity index (χ3v) is 2.59. The van der Waals surface area contributed by atoms with Crippen LogP contribution in [0.25, 0.3) is 0 Å². The first kappa shape index (κ1) is 9.79. The first-order valence-corrected chi connectivity index (χ1v) is 4.36. The summed E-state index contributed by atoms with van der Waals surface area (Å²) in [5.74, 6) is -0.688. The van der Waals surface area contributed by atoms with Crippen LogP contribution in [0.4, 0.5) is 4.39 Å². The highest BCUT2D eigenvalue weighted by Crippen LogP contribution is 2.32. The van der Waals surface area contributed by atoms with E-state index in [-0.39, 0.29) is 20.1 Å². The Morgan fingerprint density at radius 1 is 1.50 bits per heavy atom. The molecule has 5 heteroatoms. The highest BCUT2D eigenvalue weighted by Gasteiger charge is 2.13. The van der Waals surface area contributed by atoms with E-state index in [0.29, 0.717) is 0 Å². The van der Waals surface area contributed by atoms with E-state index in [1.807, 2.05) is 0 Å². The number of benzene rings is 1. The van der Waals surface area contributed by atoms with Gasteiger partial charge in [0.05, 0.1) is 14.5 Å². The van der Waals surface area contributed by atoms with E-state index in [1.165, 1.54) is 6.07 Å². The molecule has 12 heavy (non-hydrogen) atoms. The summed E-state index contributed by atoms with van der Waals surface area (Å²) in [6.07, 6.45) is 0. The van der Waals surface area contributed by atoms with Gasteiger partial charge in [0.15, 0.2) is 5.82 Å². The van der Waals surface area contributed by atoms with Crippen LogP contribution >= 0.6 is 39.1 Å². The Morgan fingerprint density at radius 2 is 2.08 bits per heavy atom. The molecule has 0 saturated heterocycles. The molecule has 0 atom stereocenters. The topological polar surface area (TPSA) is 23.8 Å². The van der Waals surface area contributed by atoms with Crippen molar-refractivity contribution >= 4 is 39.1 Å². The summed E-state index contributed by atoms with van der Waals surface area (Å²) < 4.78 is 13.2. The zero-order valence-electron chi connectivity index (χ0n) is 5.54. The molecule has 0 saturated carbocycles. The average Bonchev–Trinajstić information content (AvgIpc) is 2.02. The first-order chi connectivity index (χ1) is 5.57. The maximum Gasteiger partial charge on any atom is 0.156 e. The summed E-state index contributed by atoms with van der Waals surface area (Å²) in [6, 6.07) is 2.93. The molecule has 1 aromatic carbocycles. The van der Waals surface area contributed by atoms with Gasteiger partial charge in [-0.2, -0.15) is 5.26 Å². The van der Waals surface area contributed by atoms with Gasteiger partial charge in [0, 0.05) is 0 Å². The van der Waals surface area contributed by atoms with Gasteiger partial charge in [0.1, 0.15) is 11.6 Å². The van der Waals surface area contributed by atoms with E-state index in [0.717, 1.165) is 0 Å². The van der Waals surface area contributed by atoms with Gasteiger partial charge in [0.2, 0.25) is 0 Å². The molecule has 0 amide bonds. The fraction of sp³-hybridized carbons (Fsp3) is 0. The summed E-state index contributed by atoms with van der Waals surface area (Å²) in [6.45, 7) is 0. The molecule has 0 radical (unpaired) electrons. The lowest BCUT2D eigenvalue weighted by Gasteiger charge is -2.01. The van der Waals surface area contributed by atoms with Crippen molar-refractivity contribution in [3.8, 4) is 6.07 Å². The lowest BCUT2D eigenvalue weighted by atomic mass is 10.2. The van der Waals surface area contributed by atoms with Crippen molar-refractivity contribution in [3.05, 3.63) is 32.0 Å². The molecule has 0 heterocycles. The Balaban J connectivity index is 3.56. The van der Waals surface area contributed by atoms with Crippen molar-refractivity contribution in [2.75, 3.05) is 0 Å². The molecule has 62 valence electrons. The van der Waals surface area contributed by atoms with E-state index < -0.39 is 5.82 Å². The fourth-order valence-corrected chi connectivity index (χ4v) is 1.61. The number of nitrogens with zero attached hydrogens (tertiary/aromatic N) is 1. The second-order valence-corrected chi connectivity index (χ2v) is 3.59. The standard InChI is InChI=1S/C7HBrCl2FN/c8-4-1-5(9)6(10)3(2-12)7(4)11/h1H. The summed E-state index contributed by atoms with van der Waals surface area (Å²) >= 11 is 14.0. The van der Waals surface area contributed by atoms with Gasteiger partial charge in [-0.3, -0.25) is 0 Å². The Kier molecular flexibility index (Phi) is 2.94. The van der Waals surface area contributed by atoms with Crippen LogP contribution in [0.5, 0.6) is 0 Å². The molecule has 1 rings (SSSR count). The van der Waals surface area contributed by atoms with E-state index in [9.17, 15) is 4.39 Å². The molecular weight excluding hydrogens is 268 g/mol. The van der Waals surface area contributed by atoms with Crippen molar-refractivity contribution in [3.63, 3.8) is 0 Å². The third kappa shape index (κ3) is 1.56. The monoisotopic (exact) mass is 267 g/mol. The SMILES string of the molecule is N#Cc1c(F)c(Br)cc(Cl)c1Cl. The number of halogens is 4. The van der Waals surface area contributed by atoms with Gasteiger partial charge >= 0.3 is 0 Å². The van der Waals surface area contributed by atoms with Gasteiger partial charge in [0.25, 0.3) is 0 Å². The van der Waals surface area contributed by atoms with Crippen molar-refractivity contribution in [2.45, 2.75) is 0 Å². The van der Waals surface area contributed by atoms with Crippen molar-refractivity contribution in [1.82, 2.24) is 0 Å². The van der Waals surface area contributed by atoms with Gasteiger partial charge in [-0.05, 0) is 22.0 Å². The van der Waals surface area contributed by atoms with Crippen LogP contribution in [0.2, 0.25) is 10.0 Å². The van der Waals surface area contributed by atoms with Crippen LogP contribution in [-0.2, 0) is 0 Å². The Hall–Kier alpha value is -0.300. The number of hydrogen-bond donors (Lipinski definition) is 0. The van der Waals surface area contributed by atoms with Crippen LogP contribution in [-0.4, -0.2) is 0 Å². The van der Waals surface area contributed by atoms with E-state index in [4.69, 9.17) is 28.5 Å². The number of hydrogen-bond acceptors (Lipinski definition) is 1. The second-order valence-electron chi connectivity index (χ2n) is 1.95. The third-order valence-electron chi connectivity index (χ3n) is 1.22. The highest BCUT2D eigenvalue weighted by atomic mass is 79.9. The molecule has 0 N–H and O–H groups in total. The van der Waals surface area contributed by atoms with Crippen LogP contribution < -0.4 is 0 Å². The minimum absolute atomic E-state index is 0.0557. The molecule has 0 unspecified atom stereocenters. The molecule has 0 bridgehead atoms. The zero-order chi connectivity index (χ0) is 9.30. The molecule has 1 nitrogen and oxygen atoms in total. The molecule has 1 aromatic rings. The Bertz CT molecular complexity index is 346. The van der Waals surface area contributed by atoms with Crippen LogP contribution in [0.15, 0.2) is 10.5 Å².